The summed E-state index contributed by atoms with van der Waals surface area (Å²) in [5.41, 5.74) is 1.56. The van der Waals surface area contributed by atoms with Crippen molar-refractivity contribution in [3.8, 4) is 5.75 Å². The molecule has 1 aliphatic heterocycles. The number of nitrogens with zero attached hydrogens (tertiary/aromatic N) is 2. The van der Waals surface area contributed by atoms with Crippen LogP contribution in [0, 0.1) is 0 Å². The van der Waals surface area contributed by atoms with E-state index in [1.807, 2.05) is 24.3 Å². The maximum absolute atomic E-state index is 12.3. The van der Waals surface area contributed by atoms with Crippen LogP contribution in [0.25, 0.3) is 6.08 Å². The molecule has 4 nitrogen and oxygen atoms in total. The van der Waals surface area contributed by atoms with E-state index < -0.39 is 0 Å². The van der Waals surface area contributed by atoms with Crippen LogP contribution in [0.4, 0.5) is 0 Å². The van der Waals surface area contributed by atoms with Gasteiger partial charge in [0.2, 0.25) is 0 Å². The molecule has 2 aromatic carbocycles. The van der Waals surface area contributed by atoms with E-state index in [9.17, 15) is 4.79 Å². The van der Waals surface area contributed by atoms with Crippen molar-refractivity contribution in [1.82, 2.24) is 9.80 Å². The second-order valence-electron chi connectivity index (χ2n) is 7.38. The molecule has 0 saturated carbocycles. The zero-order valence-corrected chi connectivity index (χ0v) is 20.0. The maximum atomic E-state index is 12.3. The van der Waals surface area contributed by atoms with Crippen LogP contribution in [0.2, 0.25) is 5.02 Å². The zero-order chi connectivity index (χ0) is 22.1. The molecule has 0 aliphatic carbocycles. The third-order valence-corrected chi connectivity index (χ3v) is 6.84. The average Bonchev–Trinajstić information content (AvgIpc) is 2.79. The molecule has 164 valence electrons. The number of allylic oxidation sites excluding steroid dienone is 1. The molecule has 0 unspecified atom stereocenters. The molecular formula is C24H27ClN2O2S2. The van der Waals surface area contributed by atoms with Crippen molar-refractivity contribution >= 4 is 51.8 Å². The molecule has 0 bridgehead atoms. The van der Waals surface area contributed by atoms with E-state index in [4.69, 9.17) is 28.6 Å². The van der Waals surface area contributed by atoms with Crippen molar-refractivity contribution < 1.29 is 9.53 Å². The van der Waals surface area contributed by atoms with Crippen LogP contribution in [0.5, 0.6) is 5.75 Å². The Morgan fingerprint density at radius 1 is 1.10 bits per heavy atom. The van der Waals surface area contributed by atoms with Crippen molar-refractivity contribution in [2.45, 2.75) is 6.42 Å². The highest BCUT2D eigenvalue weighted by Gasteiger charge is 2.16. The molecule has 1 fully saturated rings. The predicted octanol–water partition coefficient (Wildman–Crippen LogP) is 5.27. The second kappa shape index (κ2) is 12.2. The number of benzene rings is 2. The molecule has 0 aromatic heterocycles. The lowest BCUT2D eigenvalue weighted by molar-refractivity contribution is 0.104. The lowest BCUT2D eigenvalue weighted by Crippen LogP contribution is -2.45. The fourth-order valence-electron chi connectivity index (χ4n) is 3.05. The number of piperazine rings is 1. The van der Waals surface area contributed by atoms with E-state index in [1.165, 1.54) is 0 Å². The van der Waals surface area contributed by atoms with E-state index in [0.717, 1.165) is 54.0 Å². The Labute approximate surface area is 199 Å². The van der Waals surface area contributed by atoms with Crippen LogP contribution >= 0.6 is 35.6 Å². The van der Waals surface area contributed by atoms with Crippen LogP contribution in [0.3, 0.4) is 0 Å². The molecule has 0 atom stereocenters. The first kappa shape index (κ1) is 23.8. The van der Waals surface area contributed by atoms with Crippen LogP contribution in [0.1, 0.15) is 22.3 Å². The van der Waals surface area contributed by atoms with Gasteiger partial charge in [0, 0.05) is 42.5 Å². The Hall–Kier alpha value is -1.86. The molecule has 7 heteroatoms. The SMILES string of the molecule is CN1CCN(C(=S)SCCCOc2ccc(C(=O)/C=C/c3ccc(Cl)cc3)cc2)CC1. The van der Waals surface area contributed by atoms with Crippen LogP contribution < -0.4 is 4.74 Å². The highest BCUT2D eigenvalue weighted by molar-refractivity contribution is 8.22. The number of hydrogen-bond donors (Lipinski definition) is 0. The summed E-state index contributed by atoms with van der Waals surface area (Å²) < 4.78 is 6.79. The van der Waals surface area contributed by atoms with Gasteiger partial charge in [-0.25, -0.2) is 0 Å². The predicted molar refractivity (Wildman–Crippen MR) is 135 cm³/mol. The highest BCUT2D eigenvalue weighted by atomic mass is 35.5. The minimum absolute atomic E-state index is 0.0460. The summed E-state index contributed by atoms with van der Waals surface area (Å²) in [5.74, 6) is 1.66. The Bertz CT molecular complexity index is 893. The van der Waals surface area contributed by atoms with Gasteiger partial charge in [0.1, 0.15) is 10.1 Å². The van der Waals surface area contributed by atoms with Gasteiger partial charge in [0.05, 0.1) is 6.61 Å². The molecule has 0 N–H and O–H groups in total. The number of ether oxygens (including phenoxy) is 1. The largest absolute Gasteiger partial charge is 0.494 e. The van der Waals surface area contributed by atoms with E-state index in [0.29, 0.717) is 17.2 Å². The Kier molecular flexibility index (Phi) is 9.40. The molecular weight excluding hydrogens is 448 g/mol. The topological polar surface area (TPSA) is 32.8 Å². The van der Waals surface area contributed by atoms with E-state index in [-0.39, 0.29) is 5.78 Å². The van der Waals surface area contributed by atoms with E-state index >= 15 is 0 Å². The molecule has 1 aliphatic rings. The fraction of sp³-hybridized carbons (Fsp3) is 0.333. The quantitative estimate of drug-likeness (QED) is 0.224. The number of rotatable bonds is 8. The van der Waals surface area contributed by atoms with E-state index in [2.05, 4.69) is 16.8 Å². The first-order chi connectivity index (χ1) is 15.0. The number of carbonyl (C=O) groups is 1. The summed E-state index contributed by atoms with van der Waals surface area (Å²) in [5, 5.41) is 0.676. The lowest BCUT2D eigenvalue weighted by atomic mass is 10.1. The van der Waals surface area contributed by atoms with Gasteiger partial charge in [0.15, 0.2) is 5.78 Å². The van der Waals surface area contributed by atoms with Crippen molar-refractivity contribution in [2.24, 2.45) is 0 Å². The Morgan fingerprint density at radius 2 is 1.77 bits per heavy atom. The summed E-state index contributed by atoms with van der Waals surface area (Å²) >= 11 is 13.1. The van der Waals surface area contributed by atoms with Crippen molar-refractivity contribution in [1.29, 1.82) is 0 Å². The zero-order valence-electron chi connectivity index (χ0n) is 17.6. The molecule has 0 amide bonds. The summed E-state index contributed by atoms with van der Waals surface area (Å²) in [6, 6.07) is 14.6. The minimum atomic E-state index is -0.0460. The highest BCUT2D eigenvalue weighted by Crippen LogP contribution is 2.16. The first-order valence-electron chi connectivity index (χ1n) is 10.3. The van der Waals surface area contributed by atoms with Crippen molar-refractivity contribution in [2.75, 3.05) is 45.6 Å². The van der Waals surface area contributed by atoms with Gasteiger partial charge in [-0.05, 0) is 61.5 Å². The normalized spacial score (nSPS) is 14.7. The number of hydrogen-bond acceptors (Lipinski definition) is 5. The van der Waals surface area contributed by atoms with Crippen molar-refractivity contribution in [3.63, 3.8) is 0 Å². The monoisotopic (exact) mass is 474 g/mol. The van der Waals surface area contributed by atoms with Gasteiger partial charge in [-0.1, -0.05) is 53.8 Å². The fourth-order valence-corrected chi connectivity index (χ4v) is 4.41. The molecule has 0 spiro atoms. The molecule has 3 rings (SSSR count). The van der Waals surface area contributed by atoms with Gasteiger partial charge in [-0.2, -0.15) is 0 Å². The average molecular weight is 475 g/mol. The van der Waals surface area contributed by atoms with Crippen LogP contribution in [0.15, 0.2) is 54.6 Å². The molecule has 0 radical (unpaired) electrons. The minimum Gasteiger partial charge on any atom is -0.494 e. The maximum Gasteiger partial charge on any atom is 0.185 e. The molecule has 31 heavy (non-hydrogen) atoms. The van der Waals surface area contributed by atoms with Gasteiger partial charge in [-0.3, -0.25) is 4.79 Å². The Morgan fingerprint density at radius 3 is 2.45 bits per heavy atom. The molecule has 1 heterocycles. The number of ketones is 1. The smallest absolute Gasteiger partial charge is 0.185 e. The van der Waals surface area contributed by atoms with E-state index in [1.54, 1.807) is 48.2 Å². The summed E-state index contributed by atoms with van der Waals surface area (Å²) in [7, 11) is 2.14. The number of halogens is 1. The van der Waals surface area contributed by atoms with Gasteiger partial charge >= 0.3 is 0 Å². The van der Waals surface area contributed by atoms with Crippen LogP contribution in [-0.2, 0) is 0 Å². The third kappa shape index (κ3) is 7.96. The number of likely N-dealkylation sites (N-methyl/N-ethyl adjacent to an activating group) is 1. The number of carbonyl (C=O) groups excluding carboxylic acids is 1. The number of thiocarbonyl (C=S) groups is 1. The summed E-state index contributed by atoms with van der Waals surface area (Å²) in [4.78, 5) is 16.9. The van der Waals surface area contributed by atoms with Gasteiger partial charge < -0.3 is 14.5 Å². The van der Waals surface area contributed by atoms with Crippen molar-refractivity contribution in [3.05, 3.63) is 70.8 Å². The number of thioether (sulfide) groups is 1. The third-order valence-electron chi connectivity index (χ3n) is 4.98. The molecule has 1 saturated heterocycles. The van der Waals surface area contributed by atoms with Gasteiger partial charge in [0.25, 0.3) is 0 Å². The van der Waals surface area contributed by atoms with Gasteiger partial charge in [-0.15, -0.1) is 0 Å². The standard InChI is InChI=1S/C24H27ClN2O2S2/c1-26-13-15-27(16-14-26)24(30)31-18-2-17-29-22-10-6-20(7-11-22)23(28)12-5-19-3-8-21(25)9-4-19/h3-12H,2,13-18H2,1H3/b12-5+. The second-order valence-corrected chi connectivity index (χ2v) is 9.55. The lowest BCUT2D eigenvalue weighted by Gasteiger charge is -2.33. The summed E-state index contributed by atoms with van der Waals surface area (Å²) in [6.07, 6.45) is 4.27. The van der Waals surface area contributed by atoms with Crippen LogP contribution in [-0.4, -0.2) is 65.5 Å². The first-order valence-corrected chi connectivity index (χ1v) is 12.1. The molecule has 2 aromatic rings. The summed E-state index contributed by atoms with van der Waals surface area (Å²) in [6.45, 7) is 4.79. The Balaban J connectivity index is 1.36.